The van der Waals surface area contributed by atoms with Gasteiger partial charge in [0.2, 0.25) is 5.91 Å². The molecule has 1 rings (SSSR count). The third kappa shape index (κ3) is 6.40. The summed E-state index contributed by atoms with van der Waals surface area (Å²) in [5.41, 5.74) is 1.14. The Labute approximate surface area is 125 Å². The zero-order valence-electron chi connectivity index (χ0n) is 12.8. The van der Waals surface area contributed by atoms with Gasteiger partial charge in [-0.3, -0.25) is 4.79 Å². The van der Waals surface area contributed by atoms with Crippen LogP contribution >= 0.6 is 0 Å². The summed E-state index contributed by atoms with van der Waals surface area (Å²) in [4.78, 5) is 23.4. The van der Waals surface area contributed by atoms with Crippen molar-refractivity contribution in [3.05, 3.63) is 29.8 Å². The Balaban J connectivity index is 2.47. The third-order valence-electron chi connectivity index (χ3n) is 3.02. The zero-order chi connectivity index (χ0) is 15.7. The van der Waals surface area contributed by atoms with Crippen LogP contribution in [0.4, 0.5) is 5.69 Å². The predicted octanol–water partition coefficient (Wildman–Crippen LogP) is 3.01. The first-order valence-corrected chi connectivity index (χ1v) is 7.16. The van der Waals surface area contributed by atoms with Gasteiger partial charge in [0.25, 0.3) is 0 Å². The minimum absolute atomic E-state index is 0.0615. The molecule has 1 N–H and O–H groups in total. The van der Waals surface area contributed by atoms with E-state index in [0.29, 0.717) is 30.7 Å². The standard InChI is InChI=1S/C16H23NO4/c1-4-11-21-16(19)13-6-8-14(9-7-13)17-15(18)10-5-12(2)20-3/h6-9,12H,4-5,10-11H2,1-3H3,(H,17,18). The highest BCUT2D eigenvalue weighted by Crippen LogP contribution is 2.12. The second kappa shape index (κ2) is 9.13. The van der Waals surface area contributed by atoms with E-state index >= 15 is 0 Å². The molecule has 1 amide bonds. The minimum Gasteiger partial charge on any atom is -0.462 e. The third-order valence-corrected chi connectivity index (χ3v) is 3.02. The van der Waals surface area contributed by atoms with E-state index in [-0.39, 0.29) is 18.0 Å². The molecule has 5 heteroatoms. The molecule has 21 heavy (non-hydrogen) atoms. The van der Waals surface area contributed by atoms with Crippen LogP contribution in [0.25, 0.3) is 0 Å². The molecule has 5 nitrogen and oxygen atoms in total. The molecule has 116 valence electrons. The first-order chi connectivity index (χ1) is 10.1. The summed E-state index contributed by atoms with van der Waals surface area (Å²) in [7, 11) is 1.62. The summed E-state index contributed by atoms with van der Waals surface area (Å²) in [6, 6.07) is 6.68. The Morgan fingerprint density at radius 1 is 1.24 bits per heavy atom. The monoisotopic (exact) mass is 293 g/mol. The second-order valence-electron chi connectivity index (χ2n) is 4.85. The summed E-state index contributed by atoms with van der Waals surface area (Å²) in [5, 5.41) is 2.78. The molecule has 0 aliphatic heterocycles. The number of rotatable bonds is 8. The number of nitrogens with one attached hydrogen (secondary N) is 1. The minimum atomic E-state index is -0.344. The Hall–Kier alpha value is -1.88. The van der Waals surface area contributed by atoms with Crippen molar-refractivity contribution < 1.29 is 19.1 Å². The van der Waals surface area contributed by atoms with Crippen LogP contribution in [-0.4, -0.2) is 31.7 Å². The molecule has 0 heterocycles. The van der Waals surface area contributed by atoms with Crippen LogP contribution in [0.2, 0.25) is 0 Å². The van der Waals surface area contributed by atoms with Gasteiger partial charge in [-0.2, -0.15) is 0 Å². The number of anilines is 1. The molecule has 0 aliphatic rings. The molecule has 0 aromatic heterocycles. The van der Waals surface area contributed by atoms with Gasteiger partial charge in [0.05, 0.1) is 18.3 Å². The van der Waals surface area contributed by atoms with E-state index < -0.39 is 0 Å². The van der Waals surface area contributed by atoms with Crippen LogP contribution in [0, 0.1) is 0 Å². The number of ether oxygens (including phenoxy) is 2. The van der Waals surface area contributed by atoms with Crippen LogP contribution in [0.5, 0.6) is 0 Å². The number of esters is 1. The van der Waals surface area contributed by atoms with Gasteiger partial charge in [0.15, 0.2) is 0 Å². The maximum absolute atomic E-state index is 11.7. The lowest BCUT2D eigenvalue weighted by Crippen LogP contribution is -2.15. The highest BCUT2D eigenvalue weighted by molar-refractivity contribution is 5.93. The lowest BCUT2D eigenvalue weighted by Gasteiger charge is -2.09. The molecule has 0 fully saturated rings. The molecular weight excluding hydrogens is 270 g/mol. The molecule has 1 unspecified atom stereocenters. The van der Waals surface area contributed by atoms with E-state index in [9.17, 15) is 9.59 Å². The van der Waals surface area contributed by atoms with Crippen molar-refractivity contribution in [3.63, 3.8) is 0 Å². The van der Waals surface area contributed by atoms with Crippen molar-refractivity contribution in [2.24, 2.45) is 0 Å². The molecular formula is C16H23NO4. The summed E-state index contributed by atoms with van der Waals surface area (Å²) >= 11 is 0. The summed E-state index contributed by atoms with van der Waals surface area (Å²) in [6.07, 6.45) is 1.92. The Morgan fingerprint density at radius 2 is 1.90 bits per heavy atom. The Bertz CT molecular complexity index is 456. The summed E-state index contributed by atoms with van der Waals surface area (Å²) < 4.78 is 10.1. The normalized spacial score (nSPS) is 11.8. The molecule has 1 atom stereocenters. The van der Waals surface area contributed by atoms with Crippen molar-refractivity contribution in [3.8, 4) is 0 Å². The largest absolute Gasteiger partial charge is 0.462 e. The number of methoxy groups -OCH3 is 1. The number of amides is 1. The van der Waals surface area contributed by atoms with Gasteiger partial charge < -0.3 is 14.8 Å². The lowest BCUT2D eigenvalue weighted by atomic mass is 10.2. The zero-order valence-corrected chi connectivity index (χ0v) is 12.8. The van der Waals surface area contributed by atoms with Crippen molar-refractivity contribution in [2.45, 2.75) is 39.2 Å². The lowest BCUT2D eigenvalue weighted by molar-refractivity contribution is -0.116. The van der Waals surface area contributed by atoms with Crippen molar-refractivity contribution >= 4 is 17.6 Å². The molecule has 0 aliphatic carbocycles. The molecule has 0 saturated heterocycles. The average Bonchev–Trinajstić information content (AvgIpc) is 2.50. The van der Waals surface area contributed by atoms with E-state index in [1.807, 2.05) is 13.8 Å². The van der Waals surface area contributed by atoms with Crippen LogP contribution in [-0.2, 0) is 14.3 Å². The van der Waals surface area contributed by atoms with Crippen molar-refractivity contribution in [1.82, 2.24) is 0 Å². The molecule has 0 radical (unpaired) electrons. The van der Waals surface area contributed by atoms with Gasteiger partial charge in [0, 0.05) is 19.2 Å². The highest BCUT2D eigenvalue weighted by atomic mass is 16.5. The topological polar surface area (TPSA) is 64.6 Å². The molecule has 1 aromatic rings. The fourth-order valence-corrected chi connectivity index (χ4v) is 1.64. The van der Waals surface area contributed by atoms with Crippen LogP contribution in [0.15, 0.2) is 24.3 Å². The van der Waals surface area contributed by atoms with E-state index in [4.69, 9.17) is 9.47 Å². The molecule has 0 bridgehead atoms. The molecule has 1 aromatic carbocycles. The number of benzene rings is 1. The number of carbonyl (C=O) groups is 2. The fourth-order valence-electron chi connectivity index (χ4n) is 1.64. The van der Waals surface area contributed by atoms with Gasteiger partial charge in [-0.15, -0.1) is 0 Å². The van der Waals surface area contributed by atoms with Gasteiger partial charge in [-0.05, 0) is 44.0 Å². The highest BCUT2D eigenvalue weighted by Gasteiger charge is 2.08. The molecule has 0 spiro atoms. The predicted molar refractivity (Wildman–Crippen MR) is 81.4 cm³/mol. The van der Waals surface area contributed by atoms with Gasteiger partial charge in [-0.25, -0.2) is 4.79 Å². The van der Waals surface area contributed by atoms with E-state index in [2.05, 4.69) is 5.32 Å². The van der Waals surface area contributed by atoms with Crippen molar-refractivity contribution in [1.29, 1.82) is 0 Å². The van der Waals surface area contributed by atoms with E-state index in [0.717, 1.165) is 6.42 Å². The first kappa shape index (κ1) is 17.2. The quantitative estimate of drug-likeness (QED) is 0.748. The second-order valence-corrected chi connectivity index (χ2v) is 4.85. The Morgan fingerprint density at radius 3 is 2.48 bits per heavy atom. The number of hydrogen-bond acceptors (Lipinski definition) is 4. The van der Waals surface area contributed by atoms with Crippen molar-refractivity contribution in [2.75, 3.05) is 19.0 Å². The maximum atomic E-state index is 11.7. The SMILES string of the molecule is CCCOC(=O)c1ccc(NC(=O)CCC(C)OC)cc1. The Kier molecular flexibility index (Phi) is 7.46. The fraction of sp³-hybridized carbons (Fsp3) is 0.500. The van der Waals surface area contributed by atoms with Crippen LogP contribution in [0.1, 0.15) is 43.5 Å². The average molecular weight is 293 g/mol. The van der Waals surface area contributed by atoms with Gasteiger partial charge in [-0.1, -0.05) is 6.92 Å². The summed E-state index contributed by atoms with van der Waals surface area (Å²) in [5.74, 6) is -0.413. The molecule has 0 saturated carbocycles. The smallest absolute Gasteiger partial charge is 0.338 e. The number of carbonyl (C=O) groups excluding carboxylic acids is 2. The van der Waals surface area contributed by atoms with Crippen LogP contribution < -0.4 is 5.32 Å². The maximum Gasteiger partial charge on any atom is 0.338 e. The van der Waals surface area contributed by atoms with Gasteiger partial charge in [0.1, 0.15) is 0 Å². The van der Waals surface area contributed by atoms with E-state index in [1.165, 1.54) is 0 Å². The van der Waals surface area contributed by atoms with E-state index in [1.54, 1.807) is 31.4 Å². The van der Waals surface area contributed by atoms with Gasteiger partial charge >= 0.3 is 5.97 Å². The number of hydrogen-bond donors (Lipinski definition) is 1. The van der Waals surface area contributed by atoms with Crippen LogP contribution in [0.3, 0.4) is 0 Å². The first-order valence-electron chi connectivity index (χ1n) is 7.16. The summed E-state index contributed by atoms with van der Waals surface area (Å²) in [6.45, 7) is 4.27.